The van der Waals surface area contributed by atoms with Crippen molar-refractivity contribution in [2.75, 3.05) is 19.8 Å². The number of hydrogen-bond acceptors (Lipinski definition) is 17. The summed E-state index contributed by atoms with van der Waals surface area (Å²) in [6.07, 6.45) is -13.6. The van der Waals surface area contributed by atoms with Gasteiger partial charge in [0.05, 0.1) is 50.3 Å². The molecule has 1 spiro atoms. The van der Waals surface area contributed by atoms with Crippen LogP contribution in [0.15, 0.2) is 11.6 Å². The molecule has 4 aliphatic carbocycles. The summed E-state index contributed by atoms with van der Waals surface area (Å²) in [5, 5.41) is 97.1. The first-order valence-electron chi connectivity index (χ1n) is 22.4. The molecule has 5 aliphatic heterocycles. The first-order chi connectivity index (χ1) is 28.4. The van der Waals surface area contributed by atoms with E-state index in [9.17, 15) is 46.0 Å². The van der Waals surface area contributed by atoms with Crippen LogP contribution >= 0.6 is 0 Å². The molecular weight excluding hydrogens is 788 g/mol. The zero-order chi connectivity index (χ0) is 42.8. The molecule has 0 bridgehead atoms. The van der Waals surface area contributed by atoms with Gasteiger partial charge in [0.2, 0.25) is 0 Å². The van der Waals surface area contributed by atoms with Crippen LogP contribution in [0.25, 0.3) is 0 Å². The average molecular weight is 857 g/mol. The van der Waals surface area contributed by atoms with Crippen molar-refractivity contribution < 1.29 is 83.9 Å². The van der Waals surface area contributed by atoms with Crippen molar-refractivity contribution in [3.8, 4) is 0 Å². The van der Waals surface area contributed by atoms with Crippen LogP contribution < -0.4 is 0 Å². The van der Waals surface area contributed by atoms with Crippen molar-refractivity contribution in [1.29, 1.82) is 0 Å². The number of aliphatic hydroxyl groups is 9. The van der Waals surface area contributed by atoms with E-state index in [-0.39, 0.29) is 54.8 Å². The fraction of sp³-hybridized carbons (Fsp3) is 0.953. The van der Waals surface area contributed by atoms with Crippen LogP contribution in [0.3, 0.4) is 0 Å². The first-order valence-corrected chi connectivity index (χ1v) is 22.4. The third-order valence-electron chi connectivity index (χ3n) is 17.1. The van der Waals surface area contributed by atoms with E-state index in [0.29, 0.717) is 31.3 Å². The predicted molar refractivity (Wildman–Crippen MR) is 205 cm³/mol. The number of allylic oxidation sites excluding steroid dienone is 1. The van der Waals surface area contributed by atoms with Crippen molar-refractivity contribution in [2.45, 2.75) is 190 Å². The molecule has 0 aromatic rings. The average Bonchev–Trinajstić information content (AvgIpc) is 3.65. The van der Waals surface area contributed by atoms with Crippen LogP contribution in [0.1, 0.15) is 79.6 Å². The van der Waals surface area contributed by atoms with Crippen molar-refractivity contribution >= 4 is 0 Å². The van der Waals surface area contributed by atoms with Crippen LogP contribution in [0.4, 0.5) is 0 Å². The maximum absolute atomic E-state index is 11.4. The lowest BCUT2D eigenvalue weighted by Crippen LogP contribution is -2.65. The van der Waals surface area contributed by atoms with Crippen LogP contribution in [-0.2, 0) is 37.9 Å². The second-order valence-electron chi connectivity index (χ2n) is 20.4. The molecule has 3 saturated carbocycles. The summed E-state index contributed by atoms with van der Waals surface area (Å²) < 4.78 is 50.4. The van der Waals surface area contributed by atoms with Crippen molar-refractivity contribution in [3.05, 3.63) is 11.6 Å². The predicted octanol–water partition coefficient (Wildman–Crippen LogP) is -0.566. The Morgan fingerprint density at radius 1 is 0.700 bits per heavy atom. The zero-order valence-corrected chi connectivity index (χ0v) is 35.2. The van der Waals surface area contributed by atoms with Gasteiger partial charge in [0, 0.05) is 30.1 Å². The molecule has 0 unspecified atom stereocenters. The highest BCUT2D eigenvalue weighted by molar-refractivity contribution is 5.29. The van der Waals surface area contributed by atoms with E-state index in [4.69, 9.17) is 37.9 Å². The topological polar surface area (TPSA) is 256 Å². The van der Waals surface area contributed by atoms with E-state index in [1.807, 2.05) is 6.92 Å². The van der Waals surface area contributed by atoms with Gasteiger partial charge in [-0.2, -0.15) is 0 Å². The number of ether oxygens (including phenoxy) is 8. The van der Waals surface area contributed by atoms with Gasteiger partial charge in [-0.25, -0.2) is 0 Å². The number of aliphatic hydroxyl groups excluding tert-OH is 9. The third-order valence-corrected chi connectivity index (χ3v) is 17.1. The molecular formula is C43H68O17. The SMILES string of the molecule is C[C@@H]1O[C@@H](O[C@H]2[C@H](O[C@@H]3C[C@H](O)CC4=CC[C@H]5[C@@H]6C[C@@H]7O[C@]8(C[C@H](O)[C@@H](C)CO8)[C@@H](C)[C@@H]7[C@@]6(C)CC[C@@H]5[C@]43C)OC[C@@H](O)[C@@H]2O[C@@H]2OC[C@@H](O)[C@H](O)[C@H]2O)[C@H](O)[C@H](O)[C@H]1O. The number of hydrogen-bond donors (Lipinski definition) is 9. The Labute approximate surface area is 350 Å². The normalized spacial score (nSPS) is 59.2. The standard InChI is InChI=1S/C43H68O17/c1-17-14-55-43(13-25(17)45)18(2)30-28(60-43)12-24-22-7-6-20-10-21(44)11-29(42(20,5)23(22)8-9-41(24,30)4)57-40-37(59-39-35(52)33(50)31(48)19(3)56-39)36(27(47)16-54-40)58-38-34(51)32(49)26(46)15-53-38/h6,17-19,21-40,44-52H,7-16H2,1-5H3/t17-,18-,19-,21+,22+,23-,24-,25-,26+,27+,28-,29+,30-,31-,32-,33+,34+,35+,36-,37+,38-,39-,40-,41-,42-,43+/m0/s1. The molecule has 9 N–H and O–H groups in total. The number of rotatable bonds is 6. The molecule has 60 heavy (non-hydrogen) atoms. The molecule has 17 heteroatoms. The van der Waals surface area contributed by atoms with Gasteiger partial charge >= 0.3 is 0 Å². The van der Waals surface area contributed by atoms with Gasteiger partial charge in [0.1, 0.15) is 54.9 Å². The molecule has 0 amide bonds. The number of fused-ring (bicyclic) bond motifs is 7. The minimum Gasteiger partial charge on any atom is -0.393 e. The molecule has 0 aromatic carbocycles. The zero-order valence-electron chi connectivity index (χ0n) is 35.2. The highest BCUT2D eigenvalue weighted by Gasteiger charge is 2.70. The fourth-order valence-electron chi connectivity index (χ4n) is 13.6. The van der Waals surface area contributed by atoms with Crippen LogP contribution in [0.5, 0.6) is 0 Å². The van der Waals surface area contributed by atoms with Crippen molar-refractivity contribution in [3.63, 3.8) is 0 Å². The summed E-state index contributed by atoms with van der Waals surface area (Å²) in [6.45, 7) is 10.2. The Balaban J connectivity index is 0.991. The summed E-state index contributed by atoms with van der Waals surface area (Å²) in [7, 11) is 0. The summed E-state index contributed by atoms with van der Waals surface area (Å²) in [5.74, 6) is 0.476. The second kappa shape index (κ2) is 16.2. The first kappa shape index (κ1) is 44.3. The third kappa shape index (κ3) is 7.00. The van der Waals surface area contributed by atoms with Gasteiger partial charge in [-0.15, -0.1) is 0 Å². The molecule has 0 radical (unpaired) electrons. The smallest absolute Gasteiger partial charge is 0.187 e. The molecule has 9 rings (SSSR count). The van der Waals surface area contributed by atoms with Gasteiger partial charge in [0.25, 0.3) is 0 Å². The van der Waals surface area contributed by atoms with E-state index >= 15 is 0 Å². The van der Waals surface area contributed by atoms with E-state index in [0.717, 1.165) is 31.3 Å². The Morgan fingerprint density at radius 3 is 2.15 bits per heavy atom. The van der Waals surface area contributed by atoms with Crippen LogP contribution in [-0.4, -0.2) is 176 Å². The van der Waals surface area contributed by atoms with Gasteiger partial charge < -0.3 is 83.9 Å². The Hall–Kier alpha value is -0.940. The minimum absolute atomic E-state index is 0.0143. The van der Waals surface area contributed by atoms with Gasteiger partial charge in [-0.3, -0.25) is 0 Å². The fourth-order valence-corrected chi connectivity index (χ4v) is 13.6. The van der Waals surface area contributed by atoms with Gasteiger partial charge in [0.15, 0.2) is 24.7 Å². The molecule has 26 atom stereocenters. The van der Waals surface area contributed by atoms with Crippen molar-refractivity contribution in [1.82, 2.24) is 0 Å². The van der Waals surface area contributed by atoms with E-state index in [1.54, 1.807) is 0 Å². The quantitative estimate of drug-likeness (QED) is 0.152. The highest BCUT2D eigenvalue weighted by Crippen LogP contribution is 2.71. The molecule has 5 heterocycles. The van der Waals surface area contributed by atoms with E-state index in [1.165, 1.54) is 6.92 Å². The maximum atomic E-state index is 11.4. The Bertz CT molecular complexity index is 1590. The monoisotopic (exact) mass is 856 g/mol. The Kier molecular flexibility index (Phi) is 11.9. The van der Waals surface area contributed by atoms with Crippen molar-refractivity contribution in [2.24, 2.45) is 46.3 Å². The molecule has 9 aliphatic rings. The molecule has 5 saturated heterocycles. The molecule has 8 fully saturated rings. The lowest BCUT2D eigenvalue weighted by atomic mass is 9.46. The lowest BCUT2D eigenvalue weighted by Gasteiger charge is -2.60. The maximum Gasteiger partial charge on any atom is 0.187 e. The largest absolute Gasteiger partial charge is 0.393 e. The van der Waals surface area contributed by atoms with Gasteiger partial charge in [-0.1, -0.05) is 39.3 Å². The van der Waals surface area contributed by atoms with Crippen LogP contribution in [0, 0.1) is 46.3 Å². The van der Waals surface area contributed by atoms with Gasteiger partial charge in [-0.05, 0) is 68.1 Å². The summed E-state index contributed by atoms with van der Waals surface area (Å²) in [6, 6.07) is 0. The lowest BCUT2D eigenvalue weighted by molar-refractivity contribution is -0.382. The highest BCUT2D eigenvalue weighted by atomic mass is 16.8. The second-order valence-corrected chi connectivity index (χ2v) is 20.4. The van der Waals surface area contributed by atoms with E-state index in [2.05, 4.69) is 26.8 Å². The summed E-state index contributed by atoms with van der Waals surface area (Å²) in [4.78, 5) is 0. The van der Waals surface area contributed by atoms with E-state index < -0.39 is 109 Å². The molecule has 17 nitrogen and oxygen atoms in total. The minimum atomic E-state index is -1.73. The summed E-state index contributed by atoms with van der Waals surface area (Å²) >= 11 is 0. The Morgan fingerprint density at radius 2 is 1.40 bits per heavy atom. The summed E-state index contributed by atoms with van der Waals surface area (Å²) in [5.41, 5.74) is 0.539. The molecule has 0 aromatic heterocycles. The van der Waals surface area contributed by atoms with Crippen LogP contribution in [0.2, 0.25) is 0 Å². The molecule has 342 valence electrons.